The molecule has 0 unspecified atom stereocenters. The Labute approximate surface area is 82.2 Å². The van der Waals surface area contributed by atoms with Gasteiger partial charge in [0.05, 0.1) is 18.1 Å². The number of nitrogens with zero attached hydrogens (tertiary/aromatic N) is 3. The van der Waals surface area contributed by atoms with Crippen molar-refractivity contribution in [3.63, 3.8) is 0 Å². The summed E-state index contributed by atoms with van der Waals surface area (Å²) in [4.78, 5) is 4.33. The molecule has 0 spiro atoms. The number of imidazole rings is 1. The molecule has 0 aliphatic heterocycles. The van der Waals surface area contributed by atoms with E-state index in [1.807, 2.05) is 6.20 Å². The van der Waals surface area contributed by atoms with Crippen LogP contribution < -0.4 is 0 Å². The highest BCUT2D eigenvalue weighted by Gasteiger charge is 2.18. The van der Waals surface area contributed by atoms with Crippen LogP contribution >= 0.6 is 0 Å². The summed E-state index contributed by atoms with van der Waals surface area (Å²) in [5, 5.41) is 13.6. The van der Waals surface area contributed by atoms with Gasteiger partial charge in [-0.3, -0.25) is 0 Å². The maximum absolute atomic E-state index is 9.53. The summed E-state index contributed by atoms with van der Waals surface area (Å²) in [5.41, 5.74) is 1.41. The number of fused-ring (bicyclic) bond motifs is 1. The lowest BCUT2D eigenvalue weighted by Gasteiger charge is -2.13. The van der Waals surface area contributed by atoms with Crippen molar-refractivity contribution in [2.75, 3.05) is 0 Å². The second-order valence-corrected chi connectivity index (χ2v) is 4.36. The fourth-order valence-electron chi connectivity index (χ4n) is 1.25. The van der Waals surface area contributed by atoms with E-state index in [4.69, 9.17) is 0 Å². The number of aromatic nitrogens is 3. The van der Waals surface area contributed by atoms with Crippen molar-refractivity contribution >= 4 is 5.65 Å². The number of aromatic hydroxyl groups is 1. The van der Waals surface area contributed by atoms with Gasteiger partial charge in [-0.25, -0.2) is 9.50 Å². The standard InChI is InChI=1S/C10H13N3O/c1-10(2,3)8-6-13-9(12-8)7(14)4-5-11-13/h4-6,14H,1-3H3. The fourth-order valence-corrected chi connectivity index (χ4v) is 1.25. The molecule has 0 aliphatic rings. The molecule has 0 radical (unpaired) electrons. The number of rotatable bonds is 0. The van der Waals surface area contributed by atoms with E-state index in [2.05, 4.69) is 30.9 Å². The minimum Gasteiger partial charge on any atom is -0.504 e. The molecular formula is C10H13N3O. The van der Waals surface area contributed by atoms with Gasteiger partial charge in [-0.15, -0.1) is 0 Å². The zero-order valence-corrected chi connectivity index (χ0v) is 8.52. The molecule has 0 saturated heterocycles. The molecule has 2 aromatic rings. The van der Waals surface area contributed by atoms with Crippen LogP contribution in [0.15, 0.2) is 18.5 Å². The highest BCUT2D eigenvalue weighted by molar-refractivity contribution is 5.52. The molecule has 0 aliphatic carbocycles. The van der Waals surface area contributed by atoms with Gasteiger partial charge in [-0.2, -0.15) is 5.10 Å². The fraction of sp³-hybridized carbons (Fsp3) is 0.400. The van der Waals surface area contributed by atoms with E-state index >= 15 is 0 Å². The average Bonchev–Trinajstić information content (AvgIpc) is 2.48. The van der Waals surface area contributed by atoms with Crippen LogP contribution in [0.5, 0.6) is 5.75 Å². The van der Waals surface area contributed by atoms with E-state index in [9.17, 15) is 5.11 Å². The molecule has 0 amide bonds. The predicted molar refractivity (Wildman–Crippen MR) is 53.4 cm³/mol. The van der Waals surface area contributed by atoms with Crippen molar-refractivity contribution in [1.29, 1.82) is 0 Å². The van der Waals surface area contributed by atoms with Gasteiger partial charge in [-0.1, -0.05) is 20.8 Å². The van der Waals surface area contributed by atoms with E-state index in [0.717, 1.165) is 5.69 Å². The summed E-state index contributed by atoms with van der Waals surface area (Å²) < 4.78 is 1.59. The lowest BCUT2D eigenvalue weighted by Crippen LogP contribution is -2.11. The highest BCUT2D eigenvalue weighted by atomic mass is 16.3. The Balaban J connectivity index is 2.69. The first-order chi connectivity index (χ1) is 6.48. The van der Waals surface area contributed by atoms with Gasteiger partial charge in [0, 0.05) is 11.5 Å². The first-order valence-corrected chi connectivity index (χ1v) is 4.52. The SMILES string of the molecule is CC(C)(C)c1cn2nccc(O)c2n1. The minimum atomic E-state index is -0.0276. The Morgan fingerprint density at radius 1 is 1.36 bits per heavy atom. The van der Waals surface area contributed by atoms with Crippen LogP contribution in [0.25, 0.3) is 5.65 Å². The minimum absolute atomic E-state index is 0.0276. The normalized spacial score (nSPS) is 12.2. The first-order valence-electron chi connectivity index (χ1n) is 4.52. The zero-order valence-electron chi connectivity index (χ0n) is 8.52. The van der Waals surface area contributed by atoms with E-state index in [1.165, 1.54) is 6.07 Å². The van der Waals surface area contributed by atoms with Crippen LogP contribution in [0.3, 0.4) is 0 Å². The van der Waals surface area contributed by atoms with Crippen LogP contribution in [0.4, 0.5) is 0 Å². The Morgan fingerprint density at radius 3 is 2.64 bits per heavy atom. The van der Waals surface area contributed by atoms with Crippen molar-refractivity contribution < 1.29 is 5.11 Å². The summed E-state index contributed by atoms with van der Waals surface area (Å²) in [6.45, 7) is 6.23. The molecule has 0 bridgehead atoms. The van der Waals surface area contributed by atoms with Crippen LogP contribution in [0.2, 0.25) is 0 Å². The maximum atomic E-state index is 9.53. The third-order valence-corrected chi connectivity index (χ3v) is 2.11. The van der Waals surface area contributed by atoms with Gasteiger partial charge in [0.25, 0.3) is 0 Å². The predicted octanol–water partition coefficient (Wildman–Crippen LogP) is 1.73. The lowest BCUT2D eigenvalue weighted by molar-refractivity contribution is 0.475. The second-order valence-electron chi connectivity index (χ2n) is 4.36. The average molecular weight is 191 g/mol. The quantitative estimate of drug-likeness (QED) is 0.690. The Bertz CT molecular complexity index is 468. The second kappa shape index (κ2) is 2.70. The van der Waals surface area contributed by atoms with Crippen LogP contribution in [-0.4, -0.2) is 19.7 Å². The van der Waals surface area contributed by atoms with Crippen LogP contribution in [0.1, 0.15) is 26.5 Å². The molecule has 14 heavy (non-hydrogen) atoms. The Morgan fingerprint density at radius 2 is 2.07 bits per heavy atom. The van der Waals surface area contributed by atoms with Gasteiger partial charge in [-0.05, 0) is 0 Å². The van der Waals surface area contributed by atoms with Crippen molar-refractivity contribution in [3.05, 3.63) is 24.2 Å². The molecule has 1 N–H and O–H groups in total. The maximum Gasteiger partial charge on any atom is 0.196 e. The molecule has 0 aromatic carbocycles. The molecule has 74 valence electrons. The summed E-state index contributed by atoms with van der Waals surface area (Å²) in [7, 11) is 0. The van der Waals surface area contributed by atoms with Crippen molar-refractivity contribution in [2.45, 2.75) is 26.2 Å². The molecular weight excluding hydrogens is 178 g/mol. The number of hydrogen-bond donors (Lipinski definition) is 1. The monoisotopic (exact) mass is 191 g/mol. The highest BCUT2D eigenvalue weighted by Crippen LogP contribution is 2.23. The van der Waals surface area contributed by atoms with E-state index in [0.29, 0.717) is 5.65 Å². The van der Waals surface area contributed by atoms with E-state index in [-0.39, 0.29) is 11.2 Å². The molecule has 0 fully saturated rings. The number of hydrogen-bond acceptors (Lipinski definition) is 3. The van der Waals surface area contributed by atoms with E-state index in [1.54, 1.807) is 10.7 Å². The summed E-state index contributed by atoms with van der Waals surface area (Å²) >= 11 is 0. The molecule has 0 atom stereocenters. The lowest BCUT2D eigenvalue weighted by atomic mass is 9.93. The topological polar surface area (TPSA) is 50.4 Å². The van der Waals surface area contributed by atoms with Gasteiger partial charge in [0.2, 0.25) is 0 Å². The molecule has 4 heteroatoms. The molecule has 2 heterocycles. The van der Waals surface area contributed by atoms with Gasteiger partial charge < -0.3 is 5.11 Å². The summed E-state index contributed by atoms with van der Waals surface area (Å²) in [6.07, 6.45) is 3.39. The van der Waals surface area contributed by atoms with Gasteiger partial charge in [0.1, 0.15) is 0 Å². The van der Waals surface area contributed by atoms with E-state index < -0.39 is 0 Å². The molecule has 2 aromatic heterocycles. The largest absolute Gasteiger partial charge is 0.504 e. The third-order valence-electron chi connectivity index (χ3n) is 2.11. The first kappa shape index (κ1) is 8.99. The van der Waals surface area contributed by atoms with Crippen LogP contribution in [-0.2, 0) is 5.41 Å². The smallest absolute Gasteiger partial charge is 0.196 e. The molecule has 0 saturated carbocycles. The van der Waals surface area contributed by atoms with Crippen molar-refractivity contribution in [1.82, 2.24) is 14.6 Å². The van der Waals surface area contributed by atoms with Gasteiger partial charge >= 0.3 is 0 Å². The van der Waals surface area contributed by atoms with Crippen molar-refractivity contribution in [2.24, 2.45) is 0 Å². The summed E-state index contributed by atoms with van der Waals surface area (Å²) in [5.74, 6) is 0.163. The molecule has 4 nitrogen and oxygen atoms in total. The van der Waals surface area contributed by atoms with Crippen molar-refractivity contribution in [3.8, 4) is 5.75 Å². The Kier molecular flexibility index (Phi) is 1.74. The Hall–Kier alpha value is -1.58. The van der Waals surface area contributed by atoms with Gasteiger partial charge in [0.15, 0.2) is 11.4 Å². The van der Waals surface area contributed by atoms with Crippen LogP contribution in [0, 0.1) is 0 Å². The molecule has 2 rings (SSSR count). The third kappa shape index (κ3) is 1.32. The summed E-state index contributed by atoms with van der Waals surface area (Å²) in [6, 6.07) is 1.54. The zero-order chi connectivity index (χ0) is 10.3.